The summed E-state index contributed by atoms with van der Waals surface area (Å²) in [5.41, 5.74) is 3.45. The van der Waals surface area contributed by atoms with Gasteiger partial charge in [-0.25, -0.2) is 5.84 Å². The molecule has 1 aromatic rings. The summed E-state index contributed by atoms with van der Waals surface area (Å²) in [5, 5.41) is 1.14. The minimum atomic E-state index is -0.181. The van der Waals surface area contributed by atoms with E-state index < -0.39 is 0 Å². The Morgan fingerprint density at radius 3 is 2.40 bits per heavy atom. The number of hydrazine groups is 1. The van der Waals surface area contributed by atoms with Gasteiger partial charge in [0, 0.05) is 7.05 Å². The first-order valence-electron chi connectivity index (χ1n) is 5.03. The van der Waals surface area contributed by atoms with Gasteiger partial charge in [-0.05, 0) is 37.5 Å². The normalized spacial score (nSPS) is 12.3. The second kappa shape index (κ2) is 4.45. The molecule has 0 spiro atoms. The lowest BCUT2D eigenvalue weighted by molar-refractivity contribution is -0.131. The Kier molecular flexibility index (Phi) is 3.48. The van der Waals surface area contributed by atoms with Crippen molar-refractivity contribution in [2.75, 3.05) is 7.05 Å². The standard InChI is InChI=1S/C12H18N2O/c1-8-5-6-11(7-9(8)2)10(3)12(15)14(4)13/h5-7,10H,13H2,1-4H3. The SMILES string of the molecule is Cc1ccc(C(C)C(=O)N(C)N)cc1C. The zero-order valence-electron chi connectivity index (χ0n) is 9.74. The maximum absolute atomic E-state index is 11.6. The van der Waals surface area contributed by atoms with Crippen LogP contribution in [-0.4, -0.2) is 18.0 Å². The summed E-state index contributed by atoms with van der Waals surface area (Å²) in [4.78, 5) is 11.6. The number of carbonyl (C=O) groups is 1. The number of amides is 1. The third-order valence-corrected chi connectivity index (χ3v) is 2.75. The number of aryl methyl sites for hydroxylation is 2. The lowest BCUT2D eigenvalue weighted by Gasteiger charge is -2.17. The van der Waals surface area contributed by atoms with Crippen LogP contribution >= 0.6 is 0 Å². The Labute approximate surface area is 90.9 Å². The maximum Gasteiger partial charge on any atom is 0.243 e. The Balaban J connectivity index is 2.97. The molecule has 1 rings (SSSR count). The molecule has 0 aliphatic heterocycles. The summed E-state index contributed by atoms with van der Waals surface area (Å²) >= 11 is 0. The molecule has 82 valence electrons. The molecule has 0 saturated heterocycles. The molecule has 3 heteroatoms. The molecular weight excluding hydrogens is 188 g/mol. The van der Waals surface area contributed by atoms with Crippen LogP contribution in [0.2, 0.25) is 0 Å². The molecule has 0 saturated carbocycles. The summed E-state index contributed by atoms with van der Waals surface area (Å²) in [7, 11) is 1.57. The van der Waals surface area contributed by atoms with Gasteiger partial charge in [-0.15, -0.1) is 0 Å². The monoisotopic (exact) mass is 206 g/mol. The third-order valence-electron chi connectivity index (χ3n) is 2.75. The zero-order valence-corrected chi connectivity index (χ0v) is 9.74. The van der Waals surface area contributed by atoms with Crippen LogP contribution in [0.25, 0.3) is 0 Å². The number of rotatable bonds is 2. The molecule has 1 unspecified atom stereocenters. The van der Waals surface area contributed by atoms with Gasteiger partial charge in [0.15, 0.2) is 0 Å². The molecule has 0 aromatic heterocycles. The van der Waals surface area contributed by atoms with Gasteiger partial charge < -0.3 is 0 Å². The molecule has 0 fully saturated rings. The predicted molar refractivity (Wildman–Crippen MR) is 61.3 cm³/mol. The van der Waals surface area contributed by atoms with Gasteiger partial charge in [-0.1, -0.05) is 18.2 Å². The molecule has 0 heterocycles. The van der Waals surface area contributed by atoms with Crippen LogP contribution in [0.3, 0.4) is 0 Å². The molecule has 15 heavy (non-hydrogen) atoms. The summed E-state index contributed by atoms with van der Waals surface area (Å²) < 4.78 is 0. The minimum Gasteiger partial charge on any atom is -0.283 e. The Morgan fingerprint density at radius 2 is 1.93 bits per heavy atom. The highest BCUT2D eigenvalue weighted by Crippen LogP contribution is 2.19. The molecule has 1 aromatic carbocycles. The first-order valence-corrected chi connectivity index (χ1v) is 5.03. The van der Waals surface area contributed by atoms with Gasteiger partial charge in [0.2, 0.25) is 5.91 Å². The molecule has 1 amide bonds. The molecule has 2 N–H and O–H groups in total. The Hall–Kier alpha value is -1.35. The fourth-order valence-corrected chi connectivity index (χ4v) is 1.48. The number of hydrogen-bond donors (Lipinski definition) is 1. The maximum atomic E-state index is 11.6. The van der Waals surface area contributed by atoms with Crippen LogP contribution < -0.4 is 5.84 Å². The van der Waals surface area contributed by atoms with Crippen molar-refractivity contribution in [1.82, 2.24) is 5.01 Å². The van der Waals surface area contributed by atoms with Crippen molar-refractivity contribution in [2.45, 2.75) is 26.7 Å². The van der Waals surface area contributed by atoms with Crippen molar-refractivity contribution in [3.05, 3.63) is 34.9 Å². The number of nitrogens with zero attached hydrogens (tertiary/aromatic N) is 1. The highest BCUT2D eigenvalue weighted by Gasteiger charge is 2.17. The van der Waals surface area contributed by atoms with Crippen molar-refractivity contribution < 1.29 is 4.79 Å². The van der Waals surface area contributed by atoms with Crippen LogP contribution in [-0.2, 0) is 4.79 Å². The zero-order chi connectivity index (χ0) is 11.6. The van der Waals surface area contributed by atoms with Crippen LogP contribution in [0, 0.1) is 13.8 Å². The van der Waals surface area contributed by atoms with E-state index in [4.69, 9.17) is 5.84 Å². The Morgan fingerprint density at radius 1 is 1.33 bits per heavy atom. The quantitative estimate of drug-likeness (QED) is 0.455. The van der Waals surface area contributed by atoms with Crippen molar-refractivity contribution in [3.63, 3.8) is 0 Å². The lowest BCUT2D eigenvalue weighted by atomic mass is 9.96. The first-order chi connectivity index (χ1) is 6.93. The second-order valence-electron chi connectivity index (χ2n) is 4.01. The fourth-order valence-electron chi connectivity index (χ4n) is 1.48. The summed E-state index contributed by atoms with van der Waals surface area (Å²) in [5.74, 6) is 5.17. The van der Waals surface area contributed by atoms with Crippen molar-refractivity contribution in [2.24, 2.45) is 5.84 Å². The topological polar surface area (TPSA) is 46.3 Å². The second-order valence-corrected chi connectivity index (χ2v) is 4.01. The van der Waals surface area contributed by atoms with E-state index in [1.54, 1.807) is 7.05 Å². The van der Waals surface area contributed by atoms with Crippen LogP contribution in [0.5, 0.6) is 0 Å². The summed E-state index contributed by atoms with van der Waals surface area (Å²) in [6, 6.07) is 6.06. The van der Waals surface area contributed by atoms with E-state index in [1.807, 2.05) is 32.0 Å². The molecule has 0 aliphatic carbocycles. The molecule has 0 aliphatic rings. The number of likely N-dealkylation sites (N-methyl/N-ethyl adjacent to an activating group) is 1. The van der Waals surface area contributed by atoms with E-state index in [0.29, 0.717) is 0 Å². The van der Waals surface area contributed by atoms with E-state index in [0.717, 1.165) is 10.6 Å². The summed E-state index contributed by atoms with van der Waals surface area (Å²) in [6.45, 7) is 5.97. The van der Waals surface area contributed by atoms with Crippen LogP contribution in [0.1, 0.15) is 29.5 Å². The first kappa shape index (κ1) is 11.7. The van der Waals surface area contributed by atoms with Crippen LogP contribution in [0.4, 0.5) is 0 Å². The van der Waals surface area contributed by atoms with Gasteiger partial charge in [-0.3, -0.25) is 9.80 Å². The van der Waals surface area contributed by atoms with E-state index in [2.05, 4.69) is 6.92 Å². The number of nitrogens with two attached hydrogens (primary N) is 1. The van der Waals surface area contributed by atoms with Crippen molar-refractivity contribution >= 4 is 5.91 Å². The van der Waals surface area contributed by atoms with Gasteiger partial charge in [0.05, 0.1) is 5.92 Å². The Bertz CT molecular complexity index is 372. The fraction of sp³-hybridized carbons (Fsp3) is 0.417. The molecule has 3 nitrogen and oxygen atoms in total. The highest BCUT2D eigenvalue weighted by molar-refractivity contribution is 5.82. The largest absolute Gasteiger partial charge is 0.283 e. The average Bonchev–Trinajstić information content (AvgIpc) is 2.19. The van der Waals surface area contributed by atoms with Gasteiger partial charge in [0.25, 0.3) is 0 Å². The van der Waals surface area contributed by atoms with E-state index in [9.17, 15) is 4.79 Å². The van der Waals surface area contributed by atoms with E-state index in [1.165, 1.54) is 11.1 Å². The molecule has 1 atom stereocenters. The summed E-state index contributed by atoms with van der Waals surface area (Å²) in [6.07, 6.45) is 0. The van der Waals surface area contributed by atoms with Gasteiger partial charge in [-0.2, -0.15) is 0 Å². The molecule has 0 radical (unpaired) electrons. The van der Waals surface area contributed by atoms with Gasteiger partial charge in [0.1, 0.15) is 0 Å². The van der Waals surface area contributed by atoms with Crippen molar-refractivity contribution in [1.29, 1.82) is 0 Å². The molecular formula is C12H18N2O. The number of benzene rings is 1. The highest BCUT2D eigenvalue weighted by atomic mass is 16.2. The average molecular weight is 206 g/mol. The predicted octanol–water partition coefficient (Wildman–Crippen LogP) is 1.74. The smallest absolute Gasteiger partial charge is 0.243 e. The van der Waals surface area contributed by atoms with E-state index >= 15 is 0 Å². The molecule has 0 bridgehead atoms. The van der Waals surface area contributed by atoms with E-state index in [-0.39, 0.29) is 11.8 Å². The lowest BCUT2D eigenvalue weighted by Crippen LogP contribution is -2.36. The third kappa shape index (κ3) is 2.57. The number of hydrogen-bond acceptors (Lipinski definition) is 2. The van der Waals surface area contributed by atoms with Crippen molar-refractivity contribution in [3.8, 4) is 0 Å². The minimum absolute atomic E-state index is 0.0711. The van der Waals surface area contributed by atoms with Gasteiger partial charge >= 0.3 is 0 Å². The number of carbonyl (C=O) groups excluding carboxylic acids is 1. The van der Waals surface area contributed by atoms with Crippen LogP contribution in [0.15, 0.2) is 18.2 Å².